The molecule has 6 heteroatoms. The van der Waals surface area contributed by atoms with Crippen LogP contribution in [0.2, 0.25) is 0 Å². The lowest BCUT2D eigenvalue weighted by atomic mass is 9.96. The van der Waals surface area contributed by atoms with Crippen molar-refractivity contribution in [2.24, 2.45) is 5.92 Å². The second kappa shape index (κ2) is 5.41. The van der Waals surface area contributed by atoms with Gasteiger partial charge in [0.1, 0.15) is 6.07 Å². The Morgan fingerprint density at radius 1 is 1.37 bits per heavy atom. The Kier molecular flexibility index (Phi) is 4.04. The first-order valence-corrected chi connectivity index (χ1v) is 6.73. The van der Waals surface area contributed by atoms with Gasteiger partial charge in [-0.25, -0.2) is 0 Å². The molecule has 0 bridgehead atoms. The number of rotatable bonds is 1. The Labute approximate surface area is 117 Å². The molecule has 102 valence electrons. The molecule has 1 atom stereocenters. The Balaban J connectivity index is 2.28. The number of benzene rings is 1. The maximum Gasteiger partial charge on any atom is 0.393 e. The number of nitrogens with zero attached hydrogens (tertiary/aromatic N) is 2. The summed E-state index contributed by atoms with van der Waals surface area (Å²) in [5.41, 5.74) is 0.969. The Hall–Kier alpha value is -1.22. The van der Waals surface area contributed by atoms with E-state index in [0.717, 1.165) is 0 Å². The summed E-state index contributed by atoms with van der Waals surface area (Å²) in [7, 11) is 0. The lowest BCUT2D eigenvalue weighted by Crippen LogP contribution is -2.42. The smallest absolute Gasteiger partial charge is 0.370 e. The van der Waals surface area contributed by atoms with Gasteiger partial charge in [-0.3, -0.25) is 0 Å². The lowest BCUT2D eigenvalue weighted by molar-refractivity contribution is -0.175. The number of nitriles is 1. The number of halogens is 4. The summed E-state index contributed by atoms with van der Waals surface area (Å²) in [4.78, 5) is 1.66. The summed E-state index contributed by atoms with van der Waals surface area (Å²) in [6.45, 7) is 0.479. The average Bonchev–Trinajstić information content (AvgIpc) is 2.37. The molecule has 0 aromatic heterocycles. The highest BCUT2D eigenvalue weighted by Crippen LogP contribution is 2.36. The molecule has 1 unspecified atom stereocenters. The van der Waals surface area contributed by atoms with E-state index in [1.165, 1.54) is 0 Å². The molecular weight excluding hydrogens is 321 g/mol. The van der Waals surface area contributed by atoms with Crippen LogP contribution in [0.4, 0.5) is 18.9 Å². The van der Waals surface area contributed by atoms with Crippen LogP contribution in [-0.2, 0) is 0 Å². The Bertz CT molecular complexity index is 508. The highest BCUT2D eigenvalue weighted by molar-refractivity contribution is 9.10. The predicted octanol–water partition coefficient (Wildman–Crippen LogP) is 4.10. The maximum absolute atomic E-state index is 12.8. The van der Waals surface area contributed by atoms with Gasteiger partial charge in [-0.2, -0.15) is 18.4 Å². The molecule has 1 fully saturated rings. The fourth-order valence-corrected chi connectivity index (χ4v) is 2.79. The topological polar surface area (TPSA) is 27.0 Å². The molecule has 0 saturated carbocycles. The molecule has 0 aliphatic carbocycles. The normalized spacial score (nSPS) is 20.2. The first-order valence-electron chi connectivity index (χ1n) is 5.93. The molecule has 1 aliphatic rings. The molecule has 0 N–H and O–H groups in total. The third-order valence-corrected chi connectivity index (χ3v) is 3.99. The van der Waals surface area contributed by atoms with Crippen LogP contribution in [0.25, 0.3) is 0 Å². The van der Waals surface area contributed by atoms with Crippen molar-refractivity contribution in [1.29, 1.82) is 5.26 Å². The molecule has 0 amide bonds. The van der Waals surface area contributed by atoms with Crippen molar-refractivity contribution >= 4 is 21.6 Å². The van der Waals surface area contributed by atoms with Crippen LogP contribution < -0.4 is 4.90 Å². The van der Waals surface area contributed by atoms with Crippen LogP contribution in [-0.4, -0.2) is 19.3 Å². The molecule has 0 radical (unpaired) electrons. The van der Waals surface area contributed by atoms with Crippen LogP contribution in [0.5, 0.6) is 0 Å². The van der Waals surface area contributed by atoms with E-state index >= 15 is 0 Å². The largest absolute Gasteiger partial charge is 0.393 e. The molecule has 19 heavy (non-hydrogen) atoms. The SMILES string of the molecule is N#Cc1c(Br)cccc1N1CCCC(C(F)(F)F)C1. The molecule has 0 spiro atoms. The minimum absolute atomic E-state index is 0.0748. The molecule has 1 heterocycles. The average molecular weight is 333 g/mol. The van der Waals surface area contributed by atoms with Crippen LogP contribution in [0.15, 0.2) is 22.7 Å². The number of hydrogen-bond acceptors (Lipinski definition) is 2. The summed E-state index contributed by atoms with van der Waals surface area (Å²) in [5, 5.41) is 9.13. The molecule has 1 saturated heterocycles. The van der Waals surface area contributed by atoms with Crippen molar-refractivity contribution in [2.45, 2.75) is 19.0 Å². The minimum atomic E-state index is -4.17. The van der Waals surface area contributed by atoms with Gasteiger partial charge in [-0.1, -0.05) is 6.07 Å². The zero-order chi connectivity index (χ0) is 14.0. The van der Waals surface area contributed by atoms with Crippen molar-refractivity contribution in [3.05, 3.63) is 28.2 Å². The van der Waals surface area contributed by atoms with Crippen molar-refractivity contribution in [1.82, 2.24) is 0 Å². The van der Waals surface area contributed by atoms with Gasteiger partial charge < -0.3 is 4.90 Å². The van der Waals surface area contributed by atoms with E-state index in [4.69, 9.17) is 5.26 Å². The molecule has 1 aromatic carbocycles. The van der Waals surface area contributed by atoms with Crippen LogP contribution in [0, 0.1) is 17.2 Å². The van der Waals surface area contributed by atoms with Crippen molar-refractivity contribution < 1.29 is 13.2 Å². The molecular formula is C13H12BrF3N2. The van der Waals surface area contributed by atoms with E-state index in [9.17, 15) is 13.2 Å². The third kappa shape index (κ3) is 3.03. The van der Waals surface area contributed by atoms with Gasteiger partial charge in [0.2, 0.25) is 0 Å². The fourth-order valence-electron chi connectivity index (χ4n) is 2.35. The van der Waals surface area contributed by atoms with Crippen molar-refractivity contribution in [2.75, 3.05) is 18.0 Å². The van der Waals surface area contributed by atoms with Gasteiger partial charge in [-0.15, -0.1) is 0 Å². The third-order valence-electron chi connectivity index (χ3n) is 3.33. The standard InChI is InChI=1S/C13H12BrF3N2/c14-11-4-1-5-12(10(11)7-18)19-6-2-3-9(8-19)13(15,16)17/h1,4-5,9H,2-3,6,8H2. The highest BCUT2D eigenvalue weighted by Gasteiger charge is 2.42. The number of piperidine rings is 1. The van der Waals surface area contributed by atoms with E-state index in [1.807, 2.05) is 6.07 Å². The first kappa shape index (κ1) is 14.2. The lowest BCUT2D eigenvalue weighted by Gasteiger charge is -2.35. The van der Waals surface area contributed by atoms with E-state index in [-0.39, 0.29) is 13.0 Å². The van der Waals surface area contributed by atoms with E-state index in [1.54, 1.807) is 23.1 Å². The summed E-state index contributed by atoms with van der Waals surface area (Å²) >= 11 is 3.26. The first-order chi connectivity index (χ1) is 8.93. The monoisotopic (exact) mass is 332 g/mol. The Morgan fingerprint density at radius 3 is 2.74 bits per heavy atom. The zero-order valence-corrected chi connectivity index (χ0v) is 11.6. The van der Waals surface area contributed by atoms with Crippen LogP contribution >= 0.6 is 15.9 Å². The molecule has 2 nitrogen and oxygen atoms in total. The molecule has 1 aromatic rings. The van der Waals surface area contributed by atoms with Gasteiger partial charge in [0.05, 0.1) is 17.2 Å². The fraction of sp³-hybridized carbons (Fsp3) is 0.462. The maximum atomic E-state index is 12.8. The van der Waals surface area contributed by atoms with Gasteiger partial charge in [0.15, 0.2) is 0 Å². The zero-order valence-electron chi connectivity index (χ0n) is 10.0. The summed E-state index contributed by atoms with van der Waals surface area (Å²) in [6, 6.07) is 7.19. The van der Waals surface area contributed by atoms with E-state index in [0.29, 0.717) is 28.7 Å². The van der Waals surface area contributed by atoms with Gasteiger partial charge in [-0.05, 0) is 40.9 Å². The van der Waals surface area contributed by atoms with Crippen molar-refractivity contribution in [3.8, 4) is 6.07 Å². The van der Waals surface area contributed by atoms with Gasteiger partial charge >= 0.3 is 6.18 Å². The minimum Gasteiger partial charge on any atom is -0.370 e. The predicted molar refractivity (Wildman–Crippen MR) is 69.8 cm³/mol. The van der Waals surface area contributed by atoms with Crippen molar-refractivity contribution in [3.63, 3.8) is 0 Å². The number of anilines is 1. The summed E-state index contributed by atoms with van der Waals surface area (Å²) in [6.07, 6.45) is -3.52. The summed E-state index contributed by atoms with van der Waals surface area (Å²) < 4.78 is 39.0. The molecule has 2 rings (SSSR count). The second-order valence-corrected chi connectivity index (χ2v) is 5.43. The highest BCUT2D eigenvalue weighted by atomic mass is 79.9. The second-order valence-electron chi connectivity index (χ2n) is 4.57. The van der Waals surface area contributed by atoms with E-state index in [2.05, 4.69) is 15.9 Å². The Morgan fingerprint density at radius 2 is 2.11 bits per heavy atom. The quantitative estimate of drug-likeness (QED) is 0.774. The number of alkyl halides is 3. The number of hydrogen-bond donors (Lipinski definition) is 0. The van der Waals surface area contributed by atoms with Crippen LogP contribution in [0.3, 0.4) is 0 Å². The van der Waals surface area contributed by atoms with Crippen LogP contribution in [0.1, 0.15) is 18.4 Å². The molecule has 1 aliphatic heterocycles. The van der Waals surface area contributed by atoms with Gasteiger partial charge in [0.25, 0.3) is 0 Å². The van der Waals surface area contributed by atoms with E-state index < -0.39 is 12.1 Å². The van der Waals surface area contributed by atoms with Gasteiger partial charge in [0, 0.05) is 17.6 Å². The summed E-state index contributed by atoms with van der Waals surface area (Å²) in [5.74, 6) is -1.31.